The minimum absolute atomic E-state index is 0.0421. The average Bonchev–Trinajstić information content (AvgIpc) is 2.98. The summed E-state index contributed by atoms with van der Waals surface area (Å²) >= 11 is 0. The zero-order chi connectivity index (χ0) is 31.3. The molecule has 14 heteroatoms. The molecule has 0 saturated carbocycles. The molecule has 8 N–H and O–H groups in total. The predicted molar refractivity (Wildman–Crippen MR) is 145 cm³/mol. The lowest BCUT2D eigenvalue weighted by molar-refractivity contribution is -0.328. The topological polar surface area (TPSA) is 225 Å². The predicted octanol–water partition coefficient (Wildman–Crippen LogP) is -0.722. The van der Waals surface area contributed by atoms with Crippen LogP contribution < -0.4 is 0 Å². The molecule has 0 unspecified atom stereocenters. The first kappa shape index (κ1) is 32.6. The number of hydrogen-bond acceptors (Lipinski definition) is 14. The van der Waals surface area contributed by atoms with Gasteiger partial charge in [-0.05, 0) is 54.8 Å². The van der Waals surface area contributed by atoms with Crippen LogP contribution in [0, 0.1) is 0 Å². The van der Waals surface area contributed by atoms with E-state index in [0.29, 0.717) is 11.1 Å². The summed E-state index contributed by atoms with van der Waals surface area (Å²) in [6.45, 7) is 0.959. The minimum Gasteiger partial charge on any atom is -0.508 e. The molecule has 236 valence electrons. The van der Waals surface area contributed by atoms with Gasteiger partial charge in [-0.15, -0.1) is 0 Å². The molecule has 2 aromatic rings. The first-order chi connectivity index (χ1) is 20.4. The van der Waals surface area contributed by atoms with Crippen LogP contribution in [0.4, 0.5) is 0 Å². The fraction of sp³-hybridized carbons (Fsp3) is 0.483. The number of benzene rings is 2. The van der Waals surface area contributed by atoms with Crippen LogP contribution in [0.1, 0.15) is 18.1 Å². The van der Waals surface area contributed by atoms with Crippen LogP contribution in [-0.4, -0.2) is 121 Å². The number of carbonyl (C=O) groups excluding carboxylic acids is 1. The van der Waals surface area contributed by atoms with E-state index in [1.165, 1.54) is 37.3 Å². The highest BCUT2D eigenvalue weighted by atomic mass is 16.7. The molecule has 43 heavy (non-hydrogen) atoms. The van der Waals surface area contributed by atoms with Gasteiger partial charge in [-0.3, -0.25) is 0 Å². The Morgan fingerprint density at radius 2 is 1.49 bits per heavy atom. The standard InChI is InChI=1S/C29H36O14/c1-14-22(34)23(35)25(37)29(41-14)40-13-20-27(43-21(33)9-5-15-2-6-17(30)7-3-15)24(36)26(38)28(42-20)39-11-10-16-4-8-18(31)19(32)12-16/h2-9,12,14,20,22-32,34-38H,10-11,13H2,1H3/b9-5+/t14-,20+,22-,23+,24+,25+,26+,27+,28+,29+/m0/s1. The highest BCUT2D eigenvalue weighted by Crippen LogP contribution is 2.29. The van der Waals surface area contributed by atoms with Gasteiger partial charge in [0.2, 0.25) is 0 Å². The van der Waals surface area contributed by atoms with Gasteiger partial charge in [-0.1, -0.05) is 18.2 Å². The van der Waals surface area contributed by atoms with Gasteiger partial charge in [-0.25, -0.2) is 4.79 Å². The Bertz CT molecular complexity index is 1240. The van der Waals surface area contributed by atoms with Crippen molar-refractivity contribution in [3.05, 3.63) is 59.7 Å². The minimum atomic E-state index is -1.71. The summed E-state index contributed by atoms with van der Waals surface area (Å²) in [7, 11) is 0. The Labute approximate surface area is 246 Å². The fourth-order valence-electron chi connectivity index (χ4n) is 4.60. The fourth-order valence-corrected chi connectivity index (χ4v) is 4.60. The molecule has 2 aliphatic heterocycles. The number of phenols is 3. The monoisotopic (exact) mass is 608 g/mol. The second-order valence-electron chi connectivity index (χ2n) is 10.3. The van der Waals surface area contributed by atoms with Gasteiger partial charge in [0, 0.05) is 6.08 Å². The third-order valence-electron chi connectivity index (χ3n) is 7.14. The van der Waals surface area contributed by atoms with E-state index in [9.17, 15) is 45.6 Å². The van der Waals surface area contributed by atoms with Gasteiger partial charge in [0.05, 0.1) is 19.3 Å². The van der Waals surface area contributed by atoms with Crippen LogP contribution >= 0.6 is 0 Å². The van der Waals surface area contributed by atoms with Crippen molar-refractivity contribution in [1.82, 2.24) is 0 Å². The maximum atomic E-state index is 12.6. The number of ether oxygens (including phenoxy) is 5. The SMILES string of the molecule is C[C@@H]1O[C@@H](OC[C@H]2O[C@@H](OCCc3ccc(O)c(O)c3)[C@H](O)[C@@H](O)[C@@H]2OC(=O)/C=C/c2ccc(O)cc2)[C@H](O)[C@H](O)[C@H]1O. The second kappa shape index (κ2) is 14.4. The highest BCUT2D eigenvalue weighted by Gasteiger charge is 2.49. The Kier molecular flexibility index (Phi) is 10.9. The smallest absolute Gasteiger partial charge is 0.331 e. The second-order valence-corrected chi connectivity index (χ2v) is 10.3. The van der Waals surface area contributed by atoms with E-state index in [4.69, 9.17) is 23.7 Å². The van der Waals surface area contributed by atoms with Crippen LogP contribution in [-0.2, 0) is 34.9 Å². The van der Waals surface area contributed by atoms with E-state index in [2.05, 4.69) is 0 Å². The first-order valence-electron chi connectivity index (χ1n) is 13.6. The summed E-state index contributed by atoms with van der Waals surface area (Å²) in [5, 5.41) is 80.6. The van der Waals surface area contributed by atoms with Crippen molar-refractivity contribution in [1.29, 1.82) is 0 Å². The summed E-state index contributed by atoms with van der Waals surface area (Å²) in [6.07, 6.45) is -11.7. The molecule has 4 rings (SSSR count). The largest absolute Gasteiger partial charge is 0.508 e. The number of hydrogen-bond donors (Lipinski definition) is 8. The van der Waals surface area contributed by atoms with E-state index < -0.39 is 74.0 Å². The van der Waals surface area contributed by atoms with Crippen molar-refractivity contribution in [2.75, 3.05) is 13.2 Å². The van der Waals surface area contributed by atoms with Crippen LogP contribution in [0.25, 0.3) is 6.08 Å². The summed E-state index contributed by atoms with van der Waals surface area (Å²) < 4.78 is 27.9. The van der Waals surface area contributed by atoms with Crippen LogP contribution in [0.5, 0.6) is 17.2 Å². The van der Waals surface area contributed by atoms with Gasteiger partial charge in [0.15, 0.2) is 30.2 Å². The lowest BCUT2D eigenvalue weighted by Crippen LogP contribution is -2.62. The first-order valence-corrected chi connectivity index (χ1v) is 13.6. The van der Waals surface area contributed by atoms with Gasteiger partial charge >= 0.3 is 5.97 Å². The van der Waals surface area contributed by atoms with E-state index >= 15 is 0 Å². The zero-order valence-corrected chi connectivity index (χ0v) is 23.1. The molecule has 0 aromatic heterocycles. The Balaban J connectivity index is 1.44. The Morgan fingerprint density at radius 1 is 0.814 bits per heavy atom. The molecule has 14 nitrogen and oxygen atoms in total. The lowest BCUT2D eigenvalue weighted by Gasteiger charge is -2.43. The third kappa shape index (κ3) is 8.20. The zero-order valence-electron chi connectivity index (χ0n) is 23.1. The Hall–Kier alpha value is -3.31. The number of esters is 1. The summed E-state index contributed by atoms with van der Waals surface area (Å²) in [4.78, 5) is 12.6. The molecule has 2 aliphatic rings. The quantitative estimate of drug-likeness (QED) is 0.0947. The Morgan fingerprint density at radius 3 is 2.19 bits per heavy atom. The average molecular weight is 609 g/mol. The molecule has 0 spiro atoms. The molecule has 0 radical (unpaired) electrons. The molecule has 2 saturated heterocycles. The number of aliphatic hydroxyl groups excluding tert-OH is 5. The molecule has 10 atom stereocenters. The number of rotatable bonds is 10. The molecule has 2 fully saturated rings. The number of carbonyl (C=O) groups is 1. The van der Waals surface area contributed by atoms with Gasteiger partial charge in [0.1, 0.15) is 42.4 Å². The van der Waals surface area contributed by atoms with Crippen molar-refractivity contribution in [2.24, 2.45) is 0 Å². The van der Waals surface area contributed by atoms with E-state index in [-0.39, 0.29) is 30.3 Å². The number of aliphatic hydroxyl groups is 5. The van der Waals surface area contributed by atoms with Crippen molar-refractivity contribution in [3.63, 3.8) is 0 Å². The normalized spacial score (nSPS) is 33.0. The van der Waals surface area contributed by atoms with Crippen molar-refractivity contribution in [2.45, 2.75) is 74.8 Å². The van der Waals surface area contributed by atoms with Gasteiger partial charge in [-0.2, -0.15) is 0 Å². The van der Waals surface area contributed by atoms with Crippen molar-refractivity contribution >= 4 is 12.0 Å². The van der Waals surface area contributed by atoms with Gasteiger partial charge in [0.25, 0.3) is 0 Å². The van der Waals surface area contributed by atoms with Crippen LogP contribution in [0.15, 0.2) is 48.5 Å². The highest BCUT2D eigenvalue weighted by molar-refractivity contribution is 5.87. The van der Waals surface area contributed by atoms with Crippen molar-refractivity contribution < 1.29 is 69.3 Å². The lowest BCUT2D eigenvalue weighted by atomic mass is 9.98. The molecule has 0 bridgehead atoms. The molecular weight excluding hydrogens is 572 g/mol. The summed E-state index contributed by atoms with van der Waals surface area (Å²) in [5.74, 6) is -1.46. The third-order valence-corrected chi connectivity index (χ3v) is 7.14. The maximum absolute atomic E-state index is 12.6. The van der Waals surface area contributed by atoms with Gasteiger partial charge < -0.3 is 64.5 Å². The van der Waals surface area contributed by atoms with Crippen molar-refractivity contribution in [3.8, 4) is 17.2 Å². The number of aromatic hydroxyl groups is 3. The molecule has 0 aliphatic carbocycles. The molecular formula is C29H36O14. The molecule has 0 amide bonds. The van der Waals surface area contributed by atoms with E-state index in [0.717, 1.165) is 6.08 Å². The summed E-state index contributed by atoms with van der Waals surface area (Å²) in [5.41, 5.74) is 1.18. The maximum Gasteiger partial charge on any atom is 0.331 e. The molecule has 2 heterocycles. The van der Waals surface area contributed by atoms with Crippen LogP contribution in [0.2, 0.25) is 0 Å². The van der Waals surface area contributed by atoms with Crippen LogP contribution in [0.3, 0.4) is 0 Å². The number of phenolic OH excluding ortho intramolecular Hbond substituents is 3. The summed E-state index contributed by atoms with van der Waals surface area (Å²) in [6, 6.07) is 10.2. The van der Waals surface area contributed by atoms with E-state index in [1.54, 1.807) is 18.2 Å². The molecule has 2 aromatic carbocycles. The van der Waals surface area contributed by atoms with E-state index in [1.807, 2.05) is 0 Å².